The van der Waals surface area contributed by atoms with Gasteiger partial charge in [-0.25, -0.2) is 0 Å². The van der Waals surface area contributed by atoms with Crippen LogP contribution in [0.1, 0.15) is 45.1 Å². The van der Waals surface area contributed by atoms with Crippen LogP contribution >= 0.6 is 11.8 Å². The van der Waals surface area contributed by atoms with Crippen molar-refractivity contribution in [2.75, 3.05) is 38.5 Å². The summed E-state index contributed by atoms with van der Waals surface area (Å²) in [4.78, 5) is 2.59. The summed E-state index contributed by atoms with van der Waals surface area (Å²) in [7, 11) is 0. The lowest BCUT2D eigenvalue weighted by atomic mass is 10.2. The van der Waals surface area contributed by atoms with Crippen LogP contribution in [0.2, 0.25) is 0 Å². The molecular weight excluding hydrogens is 288 g/mol. The molecule has 1 aromatic carbocycles. The molecule has 0 unspecified atom stereocenters. The Morgan fingerprint density at radius 3 is 2.27 bits per heavy atom. The highest BCUT2D eigenvalue weighted by Crippen LogP contribution is 2.12. The topological polar surface area (TPSA) is 15.3 Å². The maximum absolute atomic E-state index is 3.58. The molecular formula is C19H34N2S. The van der Waals surface area contributed by atoms with Crippen LogP contribution < -0.4 is 5.32 Å². The summed E-state index contributed by atoms with van der Waals surface area (Å²) in [6, 6.07) is 10.8. The van der Waals surface area contributed by atoms with E-state index in [1.807, 2.05) is 11.8 Å². The van der Waals surface area contributed by atoms with E-state index in [0.29, 0.717) is 0 Å². The molecule has 22 heavy (non-hydrogen) atoms. The molecule has 0 aromatic heterocycles. The van der Waals surface area contributed by atoms with Gasteiger partial charge in [-0.15, -0.1) is 0 Å². The lowest BCUT2D eigenvalue weighted by Crippen LogP contribution is -2.29. The molecule has 0 aliphatic rings. The Morgan fingerprint density at radius 1 is 0.909 bits per heavy atom. The van der Waals surface area contributed by atoms with Crippen molar-refractivity contribution >= 4 is 11.8 Å². The molecule has 0 bridgehead atoms. The van der Waals surface area contributed by atoms with E-state index in [2.05, 4.69) is 54.4 Å². The van der Waals surface area contributed by atoms with Gasteiger partial charge < -0.3 is 10.2 Å². The highest BCUT2D eigenvalue weighted by Gasteiger charge is 2.01. The van der Waals surface area contributed by atoms with Gasteiger partial charge in [0.2, 0.25) is 0 Å². The lowest BCUT2D eigenvalue weighted by Gasteiger charge is -2.20. The van der Waals surface area contributed by atoms with E-state index in [4.69, 9.17) is 0 Å². The number of benzene rings is 1. The normalized spacial score (nSPS) is 11.2. The molecule has 1 aromatic rings. The lowest BCUT2D eigenvalue weighted by molar-refractivity contribution is 0.270. The van der Waals surface area contributed by atoms with Crippen molar-refractivity contribution in [2.45, 2.75) is 45.3 Å². The second-order valence-electron chi connectivity index (χ2n) is 5.84. The predicted octanol–water partition coefficient (Wildman–Crippen LogP) is 4.41. The van der Waals surface area contributed by atoms with Crippen molar-refractivity contribution in [3.8, 4) is 0 Å². The van der Waals surface area contributed by atoms with Crippen molar-refractivity contribution in [3.63, 3.8) is 0 Å². The molecule has 126 valence electrons. The van der Waals surface area contributed by atoms with Crippen LogP contribution in [0.15, 0.2) is 30.3 Å². The predicted molar refractivity (Wildman–Crippen MR) is 102 cm³/mol. The number of nitrogens with one attached hydrogen (secondary N) is 1. The summed E-state index contributed by atoms with van der Waals surface area (Å²) in [6.45, 7) is 10.6. The molecule has 0 radical (unpaired) electrons. The van der Waals surface area contributed by atoms with Gasteiger partial charge in [0.15, 0.2) is 0 Å². The third-order valence-corrected chi connectivity index (χ3v) is 4.78. The third-order valence-electron chi connectivity index (χ3n) is 3.66. The van der Waals surface area contributed by atoms with Crippen LogP contribution in [0.25, 0.3) is 0 Å². The van der Waals surface area contributed by atoms with Crippen LogP contribution in [0, 0.1) is 0 Å². The number of hydrogen-bond donors (Lipinski definition) is 1. The van der Waals surface area contributed by atoms with E-state index < -0.39 is 0 Å². The molecule has 2 nitrogen and oxygen atoms in total. The molecule has 0 aliphatic carbocycles. The first-order valence-corrected chi connectivity index (χ1v) is 10.1. The Labute approximate surface area is 142 Å². The molecule has 0 saturated heterocycles. The van der Waals surface area contributed by atoms with Gasteiger partial charge in [-0.05, 0) is 69.7 Å². The van der Waals surface area contributed by atoms with Crippen molar-refractivity contribution in [1.29, 1.82) is 0 Å². The van der Waals surface area contributed by atoms with Crippen molar-refractivity contribution < 1.29 is 0 Å². The molecule has 0 aliphatic heterocycles. The van der Waals surface area contributed by atoms with E-state index >= 15 is 0 Å². The minimum Gasteiger partial charge on any atom is -0.317 e. The van der Waals surface area contributed by atoms with Crippen molar-refractivity contribution in [2.24, 2.45) is 0 Å². The monoisotopic (exact) mass is 322 g/mol. The first-order chi connectivity index (χ1) is 10.9. The Morgan fingerprint density at radius 2 is 1.59 bits per heavy atom. The second kappa shape index (κ2) is 14.1. The van der Waals surface area contributed by atoms with Crippen LogP contribution in [-0.4, -0.2) is 43.4 Å². The molecule has 1 N–H and O–H groups in total. The molecule has 0 heterocycles. The fourth-order valence-electron chi connectivity index (χ4n) is 2.58. The Kier molecular flexibility index (Phi) is 12.5. The zero-order valence-electron chi connectivity index (χ0n) is 14.5. The number of nitrogens with zero attached hydrogens (tertiary/aromatic N) is 1. The van der Waals surface area contributed by atoms with Crippen LogP contribution in [0.4, 0.5) is 0 Å². The Balaban J connectivity index is 1.89. The first-order valence-electron chi connectivity index (χ1n) is 8.91. The number of hydrogen-bond acceptors (Lipinski definition) is 3. The summed E-state index contributed by atoms with van der Waals surface area (Å²) in [5.41, 5.74) is 1.44. The van der Waals surface area contributed by atoms with Gasteiger partial charge in [0.05, 0.1) is 0 Å². The van der Waals surface area contributed by atoms with E-state index in [9.17, 15) is 0 Å². The fraction of sp³-hybridized carbons (Fsp3) is 0.684. The van der Waals surface area contributed by atoms with Gasteiger partial charge >= 0.3 is 0 Å². The minimum absolute atomic E-state index is 1.14. The fourth-order valence-corrected chi connectivity index (χ4v) is 3.50. The zero-order valence-corrected chi connectivity index (χ0v) is 15.3. The van der Waals surface area contributed by atoms with Gasteiger partial charge in [0.25, 0.3) is 0 Å². The van der Waals surface area contributed by atoms with E-state index in [1.54, 1.807) is 0 Å². The SMILES string of the molecule is CCCN(CCC)CCCNCCCSCc1ccccc1. The minimum atomic E-state index is 1.14. The molecule has 3 heteroatoms. The van der Waals surface area contributed by atoms with E-state index in [1.165, 1.54) is 56.6 Å². The van der Waals surface area contributed by atoms with Crippen LogP contribution in [0.5, 0.6) is 0 Å². The Hall–Kier alpha value is -0.510. The van der Waals surface area contributed by atoms with Crippen molar-refractivity contribution in [3.05, 3.63) is 35.9 Å². The number of thioether (sulfide) groups is 1. The molecule has 0 fully saturated rings. The maximum Gasteiger partial charge on any atom is 0.0184 e. The summed E-state index contributed by atoms with van der Waals surface area (Å²) in [5.74, 6) is 2.39. The maximum atomic E-state index is 3.58. The summed E-state index contributed by atoms with van der Waals surface area (Å²) in [6.07, 6.45) is 5.08. The average molecular weight is 323 g/mol. The Bertz CT molecular complexity index is 337. The second-order valence-corrected chi connectivity index (χ2v) is 6.94. The van der Waals surface area contributed by atoms with Gasteiger partial charge in [-0.1, -0.05) is 44.2 Å². The molecule has 0 saturated carbocycles. The first kappa shape index (κ1) is 19.5. The zero-order chi connectivity index (χ0) is 15.9. The van der Waals surface area contributed by atoms with Gasteiger partial charge in [-0.3, -0.25) is 0 Å². The molecule has 0 atom stereocenters. The van der Waals surface area contributed by atoms with E-state index in [0.717, 1.165) is 18.8 Å². The van der Waals surface area contributed by atoms with Gasteiger partial charge in [0.1, 0.15) is 0 Å². The van der Waals surface area contributed by atoms with E-state index in [-0.39, 0.29) is 0 Å². The number of rotatable bonds is 14. The summed E-state index contributed by atoms with van der Waals surface area (Å²) in [5, 5.41) is 3.58. The smallest absolute Gasteiger partial charge is 0.0184 e. The van der Waals surface area contributed by atoms with Gasteiger partial charge in [-0.2, -0.15) is 11.8 Å². The third kappa shape index (κ3) is 10.3. The summed E-state index contributed by atoms with van der Waals surface area (Å²) < 4.78 is 0. The highest BCUT2D eigenvalue weighted by atomic mass is 32.2. The molecule has 1 rings (SSSR count). The van der Waals surface area contributed by atoms with Gasteiger partial charge in [0, 0.05) is 5.75 Å². The largest absolute Gasteiger partial charge is 0.317 e. The average Bonchev–Trinajstić information content (AvgIpc) is 2.54. The van der Waals surface area contributed by atoms with Crippen molar-refractivity contribution in [1.82, 2.24) is 10.2 Å². The van der Waals surface area contributed by atoms with Crippen LogP contribution in [0.3, 0.4) is 0 Å². The molecule has 0 amide bonds. The standard InChI is InChI=1S/C19H34N2S/c1-3-14-21(15-4-2)16-8-12-20-13-9-17-22-18-19-10-6-5-7-11-19/h5-7,10-11,20H,3-4,8-9,12-18H2,1-2H3. The van der Waals surface area contributed by atoms with Crippen LogP contribution in [-0.2, 0) is 5.75 Å². The highest BCUT2D eigenvalue weighted by molar-refractivity contribution is 7.98. The molecule has 0 spiro atoms. The summed E-state index contributed by atoms with van der Waals surface area (Å²) >= 11 is 2.04. The quantitative estimate of drug-likeness (QED) is 0.511.